The number of rotatable bonds is 9. The summed E-state index contributed by atoms with van der Waals surface area (Å²) in [6, 6.07) is 15.8. The fourth-order valence-electron chi connectivity index (χ4n) is 4.74. The first kappa shape index (κ1) is 27.3. The second-order valence-corrected chi connectivity index (χ2v) is 9.48. The van der Waals surface area contributed by atoms with Crippen molar-refractivity contribution in [3.63, 3.8) is 0 Å². The van der Waals surface area contributed by atoms with Gasteiger partial charge in [-0.15, -0.1) is 0 Å². The first-order valence-electron chi connectivity index (χ1n) is 13.1. The van der Waals surface area contributed by atoms with E-state index < -0.39 is 12.0 Å². The van der Waals surface area contributed by atoms with Crippen molar-refractivity contribution in [2.45, 2.75) is 25.9 Å². The summed E-state index contributed by atoms with van der Waals surface area (Å²) >= 11 is 0. The molecule has 2 aromatic carbocycles. The van der Waals surface area contributed by atoms with Gasteiger partial charge in [0.15, 0.2) is 0 Å². The Kier molecular flexibility index (Phi) is 9.45. The number of amides is 3. The highest BCUT2D eigenvalue weighted by atomic mass is 16.5. The lowest BCUT2D eigenvalue weighted by Gasteiger charge is -2.38. The summed E-state index contributed by atoms with van der Waals surface area (Å²) in [7, 11) is 0. The van der Waals surface area contributed by atoms with Crippen LogP contribution in [0.25, 0.3) is 0 Å². The third kappa shape index (κ3) is 7.39. The van der Waals surface area contributed by atoms with Crippen LogP contribution in [0.3, 0.4) is 0 Å². The molecule has 2 saturated heterocycles. The Morgan fingerprint density at radius 2 is 1.63 bits per heavy atom. The van der Waals surface area contributed by atoms with E-state index in [2.05, 4.69) is 32.6 Å². The monoisotopic (exact) mass is 521 g/mol. The van der Waals surface area contributed by atoms with Crippen LogP contribution in [0.2, 0.25) is 0 Å². The fourth-order valence-corrected chi connectivity index (χ4v) is 4.74. The van der Waals surface area contributed by atoms with Gasteiger partial charge in [-0.3, -0.25) is 24.2 Å². The number of nitrogens with one attached hydrogen (secondary N) is 2. The van der Waals surface area contributed by atoms with Crippen LogP contribution in [0.4, 0.5) is 5.69 Å². The standard InChI is InChI=1S/C28H35N5O5/c1-2-38-28(37)22-8-10-23(11-9-22)30-25(34)18-24-27(36)29-12-13-33(24)26(35)20-32-16-14-31(15-17-32)19-21-6-4-3-5-7-21/h3-11,24H,2,12-20H2,1H3,(H,29,36)(H,30,34). The van der Waals surface area contributed by atoms with Crippen LogP contribution in [0, 0.1) is 0 Å². The van der Waals surface area contributed by atoms with Crippen LogP contribution in [0.5, 0.6) is 0 Å². The average molecular weight is 522 g/mol. The number of hydrogen-bond acceptors (Lipinski definition) is 7. The highest BCUT2D eigenvalue weighted by Gasteiger charge is 2.35. The van der Waals surface area contributed by atoms with E-state index in [4.69, 9.17) is 4.74 Å². The van der Waals surface area contributed by atoms with Gasteiger partial charge in [0.1, 0.15) is 6.04 Å². The Bertz CT molecular complexity index is 1120. The lowest BCUT2D eigenvalue weighted by atomic mass is 10.1. The van der Waals surface area contributed by atoms with Crippen molar-refractivity contribution >= 4 is 29.4 Å². The van der Waals surface area contributed by atoms with Crippen molar-refractivity contribution in [3.8, 4) is 0 Å². The van der Waals surface area contributed by atoms with Gasteiger partial charge < -0.3 is 20.3 Å². The van der Waals surface area contributed by atoms with Crippen molar-refractivity contribution in [2.24, 2.45) is 0 Å². The summed E-state index contributed by atoms with van der Waals surface area (Å²) in [6.45, 7) is 7.12. The molecule has 0 saturated carbocycles. The molecule has 10 nitrogen and oxygen atoms in total. The fraction of sp³-hybridized carbons (Fsp3) is 0.429. The minimum absolute atomic E-state index is 0.145. The van der Waals surface area contributed by atoms with Crippen LogP contribution in [-0.4, -0.2) is 96.9 Å². The van der Waals surface area contributed by atoms with E-state index in [0.717, 1.165) is 32.7 Å². The second kappa shape index (κ2) is 13.2. The third-order valence-electron chi connectivity index (χ3n) is 6.78. The molecule has 2 aliphatic rings. The molecule has 2 heterocycles. The normalized spacial score (nSPS) is 18.5. The van der Waals surface area contributed by atoms with E-state index in [1.165, 1.54) is 10.5 Å². The molecule has 3 amide bonds. The average Bonchev–Trinajstić information content (AvgIpc) is 2.92. The van der Waals surface area contributed by atoms with Gasteiger partial charge in [0.2, 0.25) is 17.7 Å². The molecule has 0 aromatic heterocycles. The number of carbonyl (C=O) groups excluding carboxylic acids is 4. The first-order chi connectivity index (χ1) is 18.4. The topological polar surface area (TPSA) is 111 Å². The Labute approximate surface area is 222 Å². The van der Waals surface area contributed by atoms with E-state index in [1.807, 2.05) is 18.2 Å². The summed E-state index contributed by atoms with van der Waals surface area (Å²) in [5.41, 5.74) is 2.15. The number of nitrogens with zero attached hydrogens (tertiary/aromatic N) is 3. The van der Waals surface area contributed by atoms with Gasteiger partial charge in [-0.25, -0.2) is 4.79 Å². The van der Waals surface area contributed by atoms with Crippen molar-refractivity contribution in [2.75, 3.05) is 57.7 Å². The van der Waals surface area contributed by atoms with E-state index in [1.54, 1.807) is 31.2 Å². The molecule has 10 heteroatoms. The smallest absolute Gasteiger partial charge is 0.338 e. The Balaban J connectivity index is 1.28. The molecule has 2 N–H and O–H groups in total. The number of hydrogen-bond donors (Lipinski definition) is 2. The Hall–Kier alpha value is -3.76. The van der Waals surface area contributed by atoms with E-state index in [9.17, 15) is 19.2 Å². The lowest BCUT2D eigenvalue weighted by molar-refractivity contribution is -0.145. The quantitative estimate of drug-likeness (QED) is 0.479. The molecule has 0 spiro atoms. The molecule has 4 rings (SSSR count). The maximum Gasteiger partial charge on any atom is 0.338 e. The summed E-state index contributed by atoms with van der Waals surface area (Å²) in [5.74, 6) is -1.29. The van der Waals surface area contributed by atoms with Gasteiger partial charge in [-0.05, 0) is 36.8 Å². The number of esters is 1. The zero-order valence-corrected chi connectivity index (χ0v) is 21.7. The molecule has 1 atom stereocenters. The van der Waals surface area contributed by atoms with Gasteiger partial charge in [0.05, 0.1) is 25.1 Å². The van der Waals surface area contributed by atoms with E-state index >= 15 is 0 Å². The minimum atomic E-state index is -0.866. The molecule has 38 heavy (non-hydrogen) atoms. The van der Waals surface area contributed by atoms with Crippen molar-refractivity contribution in [1.29, 1.82) is 0 Å². The van der Waals surface area contributed by atoms with Gasteiger partial charge in [0.25, 0.3) is 0 Å². The van der Waals surface area contributed by atoms with Crippen LogP contribution in [-0.2, 0) is 25.7 Å². The molecule has 0 radical (unpaired) electrons. The highest BCUT2D eigenvalue weighted by molar-refractivity contribution is 5.98. The van der Waals surface area contributed by atoms with E-state index in [0.29, 0.717) is 24.3 Å². The lowest BCUT2D eigenvalue weighted by Crippen LogP contribution is -2.60. The van der Waals surface area contributed by atoms with Crippen molar-refractivity contribution in [3.05, 3.63) is 65.7 Å². The molecule has 202 valence electrons. The minimum Gasteiger partial charge on any atom is -0.462 e. The van der Waals surface area contributed by atoms with Crippen molar-refractivity contribution < 1.29 is 23.9 Å². The molecule has 2 aromatic rings. The highest BCUT2D eigenvalue weighted by Crippen LogP contribution is 2.15. The summed E-state index contributed by atoms with van der Waals surface area (Å²) in [5, 5.41) is 5.51. The first-order valence-corrected chi connectivity index (χ1v) is 13.1. The van der Waals surface area contributed by atoms with Gasteiger partial charge >= 0.3 is 5.97 Å². The predicted octanol–water partition coefficient (Wildman–Crippen LogP) is 1.34. The number of benzene rings is 2. The molecule has 2 fully saturated rings. The molecular weight excluding hydrogens is 486 g/mol. The number of ether oxygens (including phenoxy) is 1. The van der Waals surface area contributed by atoms with E-state index in [-0.39, 0.29) is 37.3 Å². The zero-order chi connectivity index (χ0) is 26.9. The van der Waals surface area contributed by atoms with Gasteiger partial charge in [-0.2, -0.15) is 0 Å². The molecular formula is C28H35N5O5. The Morgan fingerprint density at radius 3 is 2.32 bits per heavy atom. The summed E-state index contributed by atoms with van der Waals surface area (Å²) in [4.78, 5) is 56.4. The van der Waals surface area contributed by atoms with Crippen LogP contribution >= 0.6 is 0 Å². The Morgan fingerprint density at radius 1 is 0.947 bits per heavy atom. The number of carbonyl (C=O) groups is 4. The van der Waals surface area contributed by atoms with Crippen LogP contribution in [0.1, 0.15) is 29.3 Å². The van der Waals surface area contributed by atoms with Crippen LogP contribution < -0.4 is 10.6 Å². The maximum atomic E-state index is 13.2. The van der Waals surface area contributed by atoms with Crippen molar-refractivity contribution in [1.82, 2.24) is 20.0 Å². The summed E-state index contributed by atoms with van der Waals surface area (Å²) < 4.78 is 4.97. The van der Waals surface area contributed by atoms with Gasteiger partial charge in [0, 0.05) is 51.5 Å². The SMILES string of the molecule is CCOC(=O)c1ccc(NC(=O)CC2C(=O)NCCN2C(=O)CN2CCN(Cc3ccccc3)CC2)cc1. The summed E-state index contributed by atoms with van der Waals surface area (Å²) in [6.07, 6.45) is -0.151. The predicted molar refractivity (Wildman–Crippen MR) is 142 cm³/mol. The maximum absolute atomic E-state index is 13.2. The van der Waals surface area contributed by atoms with Crippen LogP contribution in [0.15, 0.2) is 54.6 Å². The largest absolute Gasteiger partial charge is 0.462 e. The third-order valence-corrected chi connectivity index (χ3v) is 6.78. The molecule has 1 unspecified atom stereocenters. The number of piperazine rings is 2. The second-order valence-electron chi connectivity index (χ2n) is 9.48. The van der Waals surface area contributed by atoms with Gasteiger partial charge in [-0.1, -0.05) is 30.3 Å². The molecule has 0 aliphatic carbocycles. The zero-order valence-electron chi connectivity index (χ0n) is 21.7. The molecule has 0 bridgehead atoms. The molecule has 2 aliphatic heterocycles. The number of anilines is 1.